The van der Waals surface area contributed by atoms with E-state index in [1.54, 1.807) is 0 Å². The second-order valence-electron chi connectivity index (χ2n) is 0.821. The van der Waals surface area contributed by atoms with Gasteiger partial charge in [-0.05, 0) is 12.1 Å². The highest BCUT2D eigenvalue weighted by Crippen LogP contribution is 1.73. The third kappa shape index (κ3) is 0.549. The van der Waals surface area contributed by atoms with E-state index in [9.17, 15) is 0 Å². The summed E-state index contributed by atoms with van der Waals surface area (Å²) in [6, 6.07) is -0.0602. The van der Waals surface area contributed by atoms with Gasteiger partial charge in [0.05, 0.1) is 4.11 Å². The van der Waals surface area contributed by atoms with Crippen molar-refractivity contribution >= 4 is 0 Å². The predicted octanol–water partition coefficient (Wildman–Crippen LogP) is 1.08. The molecule has 0 aliphatic rings. The second-order valence-corrected chi connectivity index (χ2v) is 0.821. The van der Waals surface area contributed by atoms with Gasteiger partial charge in [-0.1, -0.05) is 6.04 Å². The molecule has 0 saturated heterocycles. The van der Waals surface area contributed by atoms with E-state index in [0.717, 1.165) is 0 Å². The molecule has 0 radical (unpaired) electrons. The zero-order chi connectivity index (χ0) is 6.85. The lowest BCUT2D eigenvalue weighted by Crippen LogP contribution is -1.58. The standard InChI is InChI=1S/C5H5N/c1-2-4-6-5-3-1/h1-5H/i1D,2D,3D. The molecule has 0 aliphatic heterocycles. The average Bonchev–Trinajstić information content (AvgIpc) is 1.83. The molecule has 0 fully saturated rings. The fourth-order valence-electron chi connectivity index (χ4n) is 0.218. The first kappa shape index (κ1) is 1.34. The summed E-state index contributed by atoms with van der Waals surface area (Å²) in [5.74, 6) is 0. The Morgan fingerprint density at radius 3 is 2.33 bits per heavy atom. The van der Waals surface area contributed by atoms with Crippen LogP contribution < -0.4 is 0 Å². The fraction of sp³-hybridized carbons (Fsp3) is 0. The third-order valence-corrected chi connectivity index (χ3v) is 0.423. The van der Waals surface area contributed by atoms with Crippen molar-refractivity contribution in [2.24, 2.45) is 0 Å². The van der Waals surface area contributed by atoms with Gasteiger partial charge in [0.15, 0.2) is 0 Å². The quantitative estimate of drug-likeness (QED) is 0.456. The van der Waals surface area contributed by atoms with E-state index >= 15 is 0 Å². The van der Waals surface area contributed by atoms with Gasteiger partial charge in [0.25, 0.3) is 0 Å². The van der Waals surface area contributed by atoms with Crippen molar-refractivity contribution in [3.63, 3.8) is 0 Å². The summed E-state index contributed by atoms with van der Waals surface area (Å²) in [4.78, 5) is 3.55. The minimum Gasteiger partial charge on any atom is -0.265 e. The van der Waals surface area contributed by atoms with Crippen molar-refractivity contribution < 1.29 is 4.11 Å². The van der Waals surface area contributed by atoms with Crippen LogP contribution in [0.15, 0.2) is 30.5 Å². The molecular weight excluding hydrogens is 74.1 g/mol. The SMILES string of the molecule is [2H]c1cncc([2H])c1[2H]. The van der Waals surface area contributed by atoms with Gasteiger partial charge < -0.3 is 0 Å². The molecule has 0 amide bonds. The normalized spacial score (nSPS) is 15.0. The van der Waals surface area contributed by atoms with Crippen LogP contribution in [0.1, 0.15) is 4.11 Å². The Kier molecular flexibility index (Phi) is 0.346. The van der Waals surface area contributed by atoms with Crippen LogP contribution in [0.4, 0.5) is 0 Å². The van der Waals surface area contributed by atoms with Gasteiger partial charge in [0.2, 0.25) is 0 Å². The summed E-state index contributed by atoms with van der Waals surface area (Å²) in [5.41, 5.74) is 0. The minimum absolute atomic E-state index is 0.00231. The second kappa shape index (κ2) is 1.55. The van der Waals surface area contributed by atoms with Crippen LogP contribution in [-0.4, -0.2) is 4.98 Å². The number of rotatable bonds is 0. The van der Waals surface area contributed by atoms with Crippen LogP contribution in [0.5, 0.6) is 0 Å². The van der Waals surface area contributed by atoms with E-state index in [-0.39, 0.29) is 18.1 Å². The van der Waals surface area contributed by atoms with Crippen molar-refractivity contribution in [2.45, 2.75) is 0 Å². The van der Waals surface area contributed by atoms with E-state index in [0.29, 0.717) is 0 Å². The van der Waals surface area contributed by atoms with Gasteiger partial charge in [-0.3, -0.25) is 4.98 Å². The highest BCUT2D eigenvalue weighted by atomic mass is 14.6. The smallest absolute Gasteiger partial charge is 0.0639 e. The maximum atomic E-state index is 7.03. The van der Waals surface area contributed by atoms with Crippen molar-refractivity contribution in [2.75, 3.05) is 0 Å². The predicted molar refractivity (Wildman–Crippen MR) is 24.2 cm³/mol. The molecule has 1 aromatic rings. The molecule has 0 spiro atoms. The Balaban J connectivity index is 3.25. The lowest BCUT2D eigenvalue weighted by molar-refractivity contribution is 1.33. The molecule has 0 aromatic carbocycles. The monoisotopic (exact) mass is 82.1 g/mol. The van der Waals surface area contributed by atoms with Crippen molar-refractivity contribution in [1.82, 2.24) is 4.98 Å². The average molecular weight is 82.1 g/mol. The molecule has 0 saturated carbocycles. The number of hydrogen-bond donors (Lipinski definition) is 0. The van der Waals surface area contributed by atoms with E-state index in [4.69, 9.17) is 4.11 Å². The summed E-state index contributed by atoms with van der Waals surface area (Å²) in [6.07, 6.45) is 2.50. The molecule has 1 rings (SSSR count). The molecule has 1 heterocycles. The lowest BCUT2D eigenvalue weighted by atomic mass is 10.5. The Morgan fingerprint density at radius 2 is 1.83 bits per heavy atom. The van der Waals surface area contributed by atoms with Crippen LogP contribution in [0.3, 0.4) is 0 Å². The van der Waals surface area contributed by atoms with Crippen LogP contribution in [0.2, 0.25) is 0 Å². The van der Waals surface area contributed by atoms with E-state index in [1.807, 2.05) is 0 Å². The number of pyridine rings is 1. The van der Waals surface area contributed by atoms with E-state index in [1.165, 1.54) is 12.4 Å². The molecule has 30 valence electrons. The van der Waals surface area contributed by atoms with Crippen LogP contribution in [0.25, 0.3) is 0 Å². The Hall–Kier alpha value is -0.850. The Labute approximate surface area is 40.9 Å². The van der Waals surface area contributed by atoms with Crippen molar-refractivity contribution in [3.8, 4) is 0 Å². The minimum atomic E-state index is -0.0648. The van der Waals surface area contributed by atoms with Crippen LogP contribution in [-0.2, 0) is 0 Å². The Morgan fingerprint density at radius 1 is 1.17 bits per heavy atom. The van der Waals surface area contributed by atoms with Gasteiger partial charge in [0, 0.05) is 12.4 Å². The van der Waals surface area contributed by atoms with E-state index in [2.05, 4.69) is 4.98 Å². The topological polar surface area (TPSA) is 12.9 Å². The summed E-state index contributed by atoms with van der Waals surface area (Å²) in [7, 11) is 0. The molecule has 0 unspecified atom stereocenters. The molecule has 0 N–H and O–H groups in total. The van der Waals surface area contributed by atoms with Gasteiger partial charge in [0.1, 0.15) is 0 Å². The molecule has 0 bridgehead atoms. The van der Waals surface area contributed by atoms with Gasteiger partial charge >= 0.3 is 0 Å². The molecule has 1 nitrogen and oxygen atoms in total. The summed E-state index contributed by atoms with van der Waals surface area (Å²) < 4.78 is 21.0. The highest BCUT2D eigenvalue weighted by Gasteiger charge is 1.58. The first-order valence-electron chi connectivity index (χ1n) is 3.09. The summed E-state index contributed by atoms with van der Waals surface area (Å²) >= 11 is 0. The number of nitrogens with zero attached hydrogens (tertiary/aromatic N) is 1. The van der Waals surface area contributed by atoms with Crippen molar-refractivity contribution in [3.05, 3.63) is 30.5 Å². The molecule has 6 heavy (non-hydrogen) atoms. The molecular formula is C5H5N. The maximum absolute atomic E-state index is 7.03. The molecule has 0 aliphatic carbocycles. The molecule has 1 heteroatoms. The fourth-order valence-corrected chi connectivity index (χ4v) is 0.218. The first-order valence-corrected chi connectivity index (χ1v) is 1.59. The highest BCUT2D eigenvalue weighted by molar-refractivity contribution is 4.88. The van der Waals surface area contributed by atoms with E-state index < -0.39 is 0 Å². The summed E-state index contributed by atoms with van der Waals surface area (Å²) in [6.45, 7) is 0. The van der Waals surface area contributed by atoms with Crippen molar-refractivity contribution in [1.29, 1.82) is 0 Å². The number of hydrogen-bond acceptors (Lipinski definition) is 1. The van der Waals surface area contributed by atoms with Crippen LogP contribution >= 0.6 is 0 Å². The zero-order valence-electron chi connectivity index (χ0n) is 6.10. The van der Waals surface area contributed by atoms with Gasteiger partial charge in [-0.25, -0.2) is 0 Å². The molecule has 0 atom stereocenters. The lowest BCUT2D eigenvalue weighted by Gasteiger charge is -1.70. The summed E-state index contributed by atoms with van der Waals surface area (Å²) in [5, 5.41) is 0. The molecule has 1 aromatic heterocycles. The third-order valence-electron chi connectivity index (χ3n) is 0.423. The Bertz CT molecular complexity index is 203. The number of aromatic nitrogens is 1. The van der Waals surface area contributed by atoms with Crippen LogP contribution in [0, 0.1) is 0 Å². The largest absolute Gasteiger partial charge is 0.265 e. The first-order chi connectivity index (χ1) is 4.22. The van der Waals surface area contributed by atoms with Gasteiger partial charge in [-0.2, -0.15) is 0 Å². The van der Waals surface area contributed by atoms with Gasteiger partial charge in [-0.15, -0.1) is 0 Å². The zero-order valence-corrected chi connectivity index (χ0v) is 3.10. The maximum Gasteiger partial charge on any atom is 0.0639 e.